The van der Waals surface area contributed by atoms with E-state index in [1.807, 2.05) is 0 Å². The first kappa shape index (κ1) is 17.3. The number of alkyl halides is 3. The molecule has 118 valence electrons. The van der Waals surface area contributed by atoms with Gasteiger partial charge in [-0.2, -0.15) is 13.2 Å². The van der Waals surface area contributed by atoms with Crippen LogP contribution in [0.2, 0.25) is 0 Å². The summed E-state index contributed by atoms with van der Waals surface area (Å²) < 4.78 is 43.4. The zero-order valence-electron chi connectivity index (χ0n) is 12.6. The number of rotatable bonds is 4. The number of aryl methyl sites for hydroxylation is 1. The van der Waals surface area contributed by atoms with Gasteiger partial charge in [-0.05, 0) is 45.4 Å². The van der Waals surface area contributed by atoms with Gasteiger partial charge in [0, 0.05) is 12.2 Å². The average molecular weight is 303 g/mol. The van der Waals surface area contributed by atoms with E-state index < -0.39 is 23.3 Å². The molecule has 1 N–H and O–H groups in total. The molecule has 0 amide bonds. The molecule has 0 aliphatic carbocycles. The van der Waals surface area contributed by atoms with Gasteiger partial charge < -0.3 is 10.1 Å². The highest BCUT2D eigenvalue weighted by Crippen LogP contribution is 2.33. The van der Waals surface area contributed by atoms with E-state index in [1.165, 1.54) is 13.0 Å². The van der Waals surface area contributed by atoms with Gasteiger partial charge in [0.1, 0.15) is 5.60 Å². The van der Waals surface area contributed by atoms with Crippen molar-refractivity contribution < 1.29 is 22.7 Å². The maximum Gasteiger partial charge on any atom is 0.416 e. The lowest BCUT2D eigenvalue weighted by molar-refractivity contribution is -0.154. The summed E-state index contributed by atoms with van der Waals surface area (Å²) in [5.74, 6) is -0.391. The van der Waals surface area contributed by atoms with Crippen LogP contribution in [0, 0.1) is 6.92 Å². The van der Waals surface area contributed by atoms with Crippen molar-refractivity contribution in [2.45, 2.75) is 45.9 Å². The van der Waals surface area contributed by atoms with E-state index in [0.29, 0.717) is 5.69 Å². The van der Waals surface area contributed by atoms with E-state index in [2.05, 4.69) is 5.32 Å². The predicted molar refractivity (Wildman–Crippen MR) is 75.1 cm³/mol. The van der Waals surface area contributed by atoms with Crippen LogP contribution in [0.15, 0.2) is 18.2 Å². The second-order valence-electron chi connectivity index (χ2n) is 5.79. The number of esters is 1. The molecule has 1 rings (SSSR count). The number of carbonyl (C=O) groups is 1. The van der Waals surface area contributed by atoms with Gasteiger partial charge in [0.05, 0.1) is 12.0 Å². The van der Waals surface area contributed by atoms with Crippen molar-refractivity contribution in [1.29, 1.82) is 0 Å². The highest BCUT2D eigenvalue weighted by Gasteiger charge is 2.32. The first-order valence-corrected chi connectivity index (χ1v) is 6.62. The van der Waals surface area contributed by atoms with Crippen LogP contribution in [-0.4, -0.2) is 18.1 Å². The number of carbonyl (C=O) groups excluding carboxylic acids is 1. The first-order chi connectivity index (χ1) is 9.49. The minimum atomic E-state index is -4.38. The van der Waals surface area contributed by atoms with Crippen molar-refractivity contribution >= 4 is 11.7 Å². The summed E-state index contributed by atoms with van der Waals surface area (Å²) in [4.78, 5) is 11.5. The molecule has 0 saturated carbocycles. The molecular formula is C15H20F3NO2. The Morgan fingerprint density at radius 1 is 1.24 bits per heavy atom. The maximum absolute atomic E-state index is 12.8. The van der Waals surface area contributed by atoms with Gasteiger partial charge in [0.15, 0.2) is 0 Å². The highest BCUT2D eigenvalue weighted by molar-refractivity contribution is 5.70. The summed E-state index contributed by atoms with van der Waals surface area (Å²) in [6, 6.07) is 4.00. The Labute approximate surface area is 122 Å². The van der Waals surface area contributed by atoms with Crippen LogP contribution in [0.1, 0.15) is 38.3 Å². The number of halogens is 3. The second-order valence-corrected chi connectivity index (χ2v) is 5.79. The molecule has 0 saturated heterocycles. The van der Waals surface area contributed by atoms with Gasteiger partial charge in [0.2, 0.25) is 0 Å². The molecule has 0 aliphatic rings. The van der Waals surface area contributed by atoms with Gasteiger partial charge in [-0.25, -0.2) is 0 Å². The van der Waals surface area contributed by atoms with E-state index in [4.69, 9.17) is 4.74 Å². The SMILES string of the molecule is Cc1ccc(NCCC(=O)OC(C)(C)C)cc1C(F)(F)F. The molecule has 0 fully saturated rings. The second kappa shape index (κ2) is 6.37. The molecule has 6 heteroatoms. The van der Waals surface area contributed by atoms with Crippen molar-refractivity contribution in [2.24, 2.45) is 0 Å². The lowest BCUT2D eigenvalue weighted by Gasteiger charge is -2.19. The molecule has 3 nitrogen and oxygen atoms in total. The summed E-state index contributed by atoms with van der Waals surface area (Å²) in [6.45, 7) is 6.90. The van der Waals surface area contributed by atoms with Crippen molar-refractivity contribution in [2.75, 3.05) is 11.9 Å². The summed E-state index contributed by atoms with van der Waals surface area (Å²) in [7, 11) is 0. The lowest BCUT2D eigenvalue weighted by Crippen LogP contribution is -2.25. The molecular weight excluding hydrogens is 283 g/mol. The maximum atomic E-state index is 12.8. The lowest BCUT2D eigenvalue weighted by atomic mass is 10.1. The monoisotopic (exact) mass is 303 g/mol. The average Bonchev–Trinajstić information content (AvgIpc) is 2.27. The van der Waals surface area contributed by atoms with Crippen molar-refractivity contribution in [3.8, 4) is 0 Å². The molecule has 0 aliphatic heterocycles. The fourth-order valence-electron chi connectivity index (χ4n) is 1.74. The van der Waals surface area contributed by atoms with Crippen LogP contribution in [0.5, 0.6) is 0 Å². The standard InChI is InChI=1S/C15H20F3NO2/c1-10-5-6-11(9-12(10)15(16,17)18)19-8-7-13(20)21-14(2,3)4/h5-6,9,19H,7-8H2,1-4H3. The molecule has 0 spiro atoms. The van der Waals surface area contributed by atoms with E-state index in [1.54, 1.807) is 26.8 Å². The molecule has 0 atom stereocenters. The third-order valence-corrected chi connectivity index (χ3v) is 2.62. The number of benzene rings is 1. The van der Waals surface area contributed by atoms with Gasteiger partial charge >= 0.3 is 12.1 Å². The topological polar surface area (TPSA) is 38.3 Å². The number of nitrogens with one attached hydrogen (secondary N) is 1. The third kappa shape index (κ3) is 6.06. The minimum absolute atomic E-state index is 0.0898. The molecule has 0 radical (unpaired) electrons. The fourth-order valence-corrected chi connectivity index (χ4v) is 1.74. The van der Waals surface area contributed by atoms with Crippen molar-refractivity contribution in [3.63, 3.8) is 0 Å². The molecule has 1 aromatic rings. The Morgan fingerprint density at radius 3 is 2.38 bits per heavy atom. The summed E-state index contributed by atoms with van der Waals surface area (Å²) in [5.41, 5.74) is -0.744. The Balaban J connectivity index is 2.59. The van der Waals surface area contributed by atoms with Crippen LogP contribution < -0.4 is 5.32 Å². The van der Waals surface area contributed by atoms with Crippen LogP contribution >= 0.6 is 0 Å². The van der Waals surface area contributed by atoms with Crippen LogP contribution in [0.4, 0.5) is 18.9 Å². The van der Waals surface area contributed by atoms with Gasteiger partial charge in [0.25, 0.3) is 0 Å². The quantitative estimate of drug-likeness (QED) is 0.849. The Kier molecular flexibility index (Phi) is 5.25. The molecule has 0 heterocycles. The summed E-state index contributed by atoms with van der Waals surface area (Å²) in [6.07, 6.45) is -4.29. The van der Waals surface area contributed by atoms with Crippen molar-refractivity contribution in [3.05, 3.63) is 29.3 Å². The zero-order valence-corrected chi connectivity index (χ0v) is 12.6. The highest BCUT2D eigenvalue weighted by atomic mass is 19.4. The van der Waals surface area contributed by atoms with E-state index >= 15 is 0 Å². The van der Waals surface area contributed by atoms with E-state index in [9.17, 15) is 18.0 Å². The number of hydrogen-bond donors (Lipinski definition) is 1. The Hall–Kier alpha value is -1.72. The normalized spacial score (nSPS) is 12.1. The predicted octanol–water partition coefficient (Wildman–Crippen LogP) is 4.16. The molecule has 1 aromatic carbocycles. The third-order valence-electron chi connectivity index (χ3n) is 2.62. The molecule has 0 unspecified atom stereocenters. The van der Waals surface area contributed by atoms with Gasteiger partial charge in [-0.1, -0.05) is 6.07 Å². The Bertz CT molecular complexity index is 505. The largest absolute Gasteiger partial charge is 0.460 e. The number of hydrogen-bond acceptors (Lipinski definition) is 3. The van der Waals surface area contributed by atoms with Crippen LogP contribution in [-0.2, 0) is 15.7 Å². The van der Waals surface area contributed by atoms with Crippen molar-refractivity contribution in [1.82, 2.24) is 0 Å². The van der Waals surface area contributed by atoms with E-state index in [-0.39, 0.29) is 18.5 Å². The smallest absolute Gasteiger partial charge is 0.416 e. The van der Waals surface area contributed by atoms with Crippen LogP contribution in [0.3, 0.4) is 0 Å². The Morgan fingerprint density at radius 2 is 1.86 bits per heavy atom. The zero-order chi connectivity index (χ0) is 16.3. The summed E-state index contributed by atoms with van der Waals surface area (Å²) >= 11 is 0. The van der Waals surface area contributed by atoms with E-state index in [0.717, 1.165) is 6.07 Å². The van der Waals surface area contributed by atoms with Crippen LogP contribution in [0.25, 0.3) is 0 Å². The number of ether oxygens (including phenoxy) is 1. The number of anilines is 1. The minimum Gasteiger partial charge on any atom is -0.460 e. The first-order valence-electron chi connectivity index (χ1n) is 6.62. The molecule has 0 aromatic heterocycles. The summed E-state index contributed by atoms with van der Waals surface area (Å²) in [5, 5.41) is 2.80. The molecule has 21 heavy (non-hydrogen) atoms. The van der Waals surface area contributed by atoms with Gasteiger partial charge in [-0.15, -0.1) is 0 Å². The van der Waals surface area contributed by atoms with Gasteiger partial charge in [-0.3, -0.25) is 4.79 Å². The molecule has 0 bridgehead atoms. The fraction of sp³-hybridized carbons (Fsp3) is 0.533.